The fourth-order valence-electron chi connectivity index (χ4n) is 3.61. The number of para-hydroxylation sites is 1. The standard InChI is InChI=1S/C22H26N2O/c1-17-16-24(15-14-18-10-6-4-7-11-18)21(25)22(2,3)20(17)23-19-12-8-5-9-13-19/h4-13,17H,14-16H2,1-3H3. The molecule has 0 aromatic heterocycles. The molecule has 0 radical (unpaired) electrons. The van der Waals surface area contributed by atoms with E-state index < -0.39 is 5.41 Å². The van der Waals surface area contributed by atoms with Crippen molar-refractivity contribution in [2.75, 3.05) is 13.1 Å². The van der Waals surface area contributed by atoms with Gasteiger partial charge in [0.15, 0.2) is 0 Å². The van der Waals surface area contributed by atoms with Crippen LogP contribution in [0.25, 0.3) is 0 Å². The van der Waals surface area contributed by atoms with Crippen molar-refractivity contribution < 1.29 is 4.79 Å². The molecule has 0 bridgehead atoms. The molecule has 0 spiro atoms. The zero-order valence-corrected chi connectivity index (χ0v) is 15.3. The van der Waals surface area contributed by atoms with Gasteiger partial charge >= 0.3 is 0 Å². The lowest BCUT2D eigenvalue weighted by molar-refractivity contribution is -0.139. The predicted molar refractivity (Wildman–Crippen MR) is 103 cm³/mol. The summed E-state index contributed by atoms with van der Waals surface area (Å²) in [6, 6.07) is 20.3. The number of nitrogens with zero attached hydrogens (tertiary/aromatic N) is 2. The van der Waals surface area contributed by atoms with Crippen LogP contribution < -0.4 is 0 Å². The molecule has 25 heavy (non-hydrogen) atoms. The molecular weight excluding hydrogens is 308 g/mol. The number of benzene rings is 2. The average Bonchev–Trinajstić information content (AvgIpc) is 2.63. The van der Waals surface area contributed by atoms with Crippen molar-refractivity contribution in [1.29, 1.82) is 0 Å². The summed E-state index contributed by atoms with van der Waals surface area (Å²) >= 11 is 0. The zero-order valence-electron chi connectivity index (χ0n) is 15.3. The summed E-state index contributed by atoms with van der Waals surface area (Å²) in [6.45, 7) is 7.67. The summed E-state index contributed by atoms with van der Waals surface area (Å²) in [7, 11) is 0. The minimum atomic E-state index is -0.565. The summed E-state index contributed by atoms with van der Waals surface area (Å²) < 4.78 is 0. The highest BCUT2D eigenvalue weighted by molar-refractivity contribution is 6.11. The number of carbonyl (C=O) groups excluding carboxylic acids is 1. The summed E-state index contributed by atoms with van der Waals surface area (Å²) in [6.07, 6.45) is 0.889. The summed E-state index contributed by atoms with van der Waals surface area (Å²) in [4.78, 5) is 19.9. The Balaban J connectivity index is 1.77. The molecule has 1 aliphatic rings. The molecule has 0 N–H and O–H groups in total. The lowest BCUT2D eigenvalue weighted by Crippen LogP contribution is -2.55. The molecule has 130 valence electrons. The fraction of sp³-hybridized carbons (Fsp3) is 0.364. The van der Waals surface area contributed by atoms with Crippen LogP contribution in [-0.2, 0) is 11.2 Å². The van der Waals surface area contributed by atoms with Gasteiger partial charge in [-0.1, -0.05) is 55.5 Å². The Bertz CT molecular complexity index is 750. The first-order valence-electron chi connectivity index (χ1n) is 8.96. The van der Waals surface area contributed by atoms with Crippen LogP contribution in [0.15, 0.2) is 65.7 Å². The minimum absolute atomic E-state index is 0.177. The van der Waals surface area contributed by atoms with Gasteiger partial charge in [-0.25, -0.2) is 0 Å². The van der Waals surface area contributed by atoms with Crippen molar-refractivity contribution in [3.8, 4) is 0 Å². The fourth-order valence-corrected chi connectivity index (χ4v) is 3.61. The molecule has 1 fully saturated rings. The van der Waals surface area contributed by atoms with E-state index in [2.05, 4.69) is 19.1 Å². The second-order valence-corrected chi connectivity index (χ2v) is 7.35. The van der Waals surface area contributed by atoms with Gasteiger partial charge in [0.1, 0.15) is 0 Å². The Kier molecular flexibility index (Phi) is 5.03. The third kappa shape index (κ3) is 3.81. The SMILES string of the molecule is CC1CN(CCc2ccccc2)C(=O)C(C)(C)C1=Nc1ccccc1. The maximum atomic E-state index is 13.1. The van der Waals surface area contributed by atoms with Crippen LogP contribution in [0.2, 0.25) is 0 Å². The van der Waals surface area contributed by atoms with Crippen LogP contribution in [0.3, 0.4) is 0 Å². The molecule has 1 aliphatic heterocycles. The van der Waals surface area contributed by atoms with Crippen LogP contribution in [-0.4, -0.2) is 29.6 Å². The van der Waals surface area contributed by atoms with Crippen molar-refractivity contribution >= 4 is 17.3 Å². The van der Waals surface area contributed by atoms with Gasteiger partial charge in [0.25, 0.3) is 0 Å². The van der Waals surface area contributed by atoms with E-state index in [9.17, 15) is 4.79 Å². The quantitative estimate of drug-likeness (QED) is 0.810. The maximum absolute atomic E-state index is 13.1. The summed E-state index contributed by atoms with van der Waals surface area (Å²) in [5, 5.41) is 0. The number of hydrogen-bond acceptors (Lipinski definition) is 2. The Labute approximate surface area is 150 Å². The number of piperidine rings is 1. The number of aliphatic imine (C=N–C) groups is 1. The summed E-state index contributed by atoms with van der Waals surface area (Å²) in [5.41, 5.74) is 2.61. The topological polar surface area (TPSA) is 32.7 Å². The van der Waals surface area contributed by atoms with Crippen molar-refractivity contribution in [1.82, 2.24) is 4.90 Å². The maximum Gasteiger partial charge on any atom is 0.233 e. The minimum Gasteiger partial charge on any atom is -0.341 e. The number of likely N-dealkylation sites (tertiary alicyclic amines) is 1. The van der Waals surface area contributed by atoms with Crippen LogP contribution in [0.1, 0.15) is 26.3 Å². The van der Waals surface area contributed by atoms with Gasteiger partial charge in [-0.05, 0) is 38.0 Å². The zero-order chi connectivity index (χ0) is 17.9. The van der Waals surface area contributed by atoms with Crippen molar-refractivity contribution in [2.24, 2.45) is 16.3 Å². The third-order valence-corrected chi connectivity index (χ3v) is 4.94. The molecule has 1 amide bonds. The number of carbonyl (C=O) groups is 1. The molecule has 3 nitrogen and oxygen atoms in total. The smallest absolute Gasteiger partial charge is 0.233 e. The molecule has 1 heterocycles. The molecular formula is C22H26N2O. The highest BCUT2D eigenvalue weighted by atomic mass is 16.2. The van der Waals surface area contributed by atoms with Gasteiger partial charge in [0, 0.05) is 24.7 Å². The van der Waals surface area contributed by atoms with E-state index in [0.29, 0.717) is 0 Å². The van der Waals surface area contributed by atoms with Crippen molar-refractivity contribution in [2.45, 2.75) is 27.2 Å². The lowest BCUT2D eigenvalue weighted by atomic mass is 9.76. The Hall–Kier alpha value is -2.42. The van der Waals surface area contributed by atoms with Gasteiger partial charge in [0.05, 0.1) is 11.1 Å². The van der Waals surface area contributed by atoms with Crippen LogP contribution >= 0.6 is 0 Å². The Morgan fingerprint density at radius 1 is 1.04 bits per heavy atom. The average molecular weight is 334 g/mol. The van der Waals surface area contributed by atoms with Gasteiger partial charge in [-0.15, -0.1) is 0 Å². The van der Waals surface area contributed by atoms with E-state index in [0.717, 1.165) is 30.9 Å². The van der Waals surface area contributed by atoms with E-state index in [-0.39, 0.29) is 11.8 Å². The molecule has 2 aromatic rings. The van der Waals surface area contributed by atoms with Gasteiger partial charge < -0.3 is 4.90 Å². The monoisotopic (exact) mass is 334 g/mol. The first-order chi connectivity index (χ1) is 12.0. The molecule has 0 saturated carbocycles. The molecule has 1 unspecified atom stereocenters. The van der Waals surface area contributed by atoms with E-state index >= 15 is 0 Å². The van der Waals surface area contributed by atoms with E-state index in [1.807, 2.05) is 67.3 Å². The van der Waals surface area contributed by atoms with Gasteiger partial charge in [-0.3, -0.25) is 9.79 Å². The first-order valence-corrected chi connectivity index (χ1v) is 8.96. The van der Waals surface area contributed by atoms with Gasteiger partial charge in [-0.2, -0.15) is 0 Å². The number of rotatable bonds is 4. The van der Waals surface area contributed by atoms with Crippen molar-refractivity contribution in [3.05, 3.63) is 66.2 Å². The third-order valence-electron chi connectivity index (χ3n) is 4.94. The molecule has 2 aromatic carbocycles. The molecule has 3 heteroatoms. The molecule has 3 rings (SSSR count). The highest BCUT2D eigenvalue weighted by Gasteiger charge is 2.44. The van der Waals surface area contributed by atoms with Crippen molar-refractivity contribution in [3.63, 3.8) is 0 Å². The normalized spacial score (nSPS) is 21.6. The number of amides is 1. The Morgan fingerprint density at radius 3 is 2.28 bits per heavy atom. The van der Waals surface area contributed by atoms with E-state index in [1.54, 1.807) is 0 Å². The highest BCUT2D eigenvalue weighted by Crippen LogP contribution is 2.33. The largest absolute Gasteiger partial charge is 0.341 e. The molecule has 1 saturated heterocycles. The molecule has 1 atom stereocenters. The van der Waals surface area contributed by atoms with Crippen LogP contribution in [0, 0.1) is 11.3 Å². The Morgan fingerprint density at radius 2 is 1.64 bits per heavy atom. The van der Waals surface area contributed by atoms with Gasteiger partial charge in [0.2, 0.25) is 5.91 Å². The van der Waals surface area contributed by atoms with E-state index in [4.69, 9.17) is 4.99 Å². The predicted octanol–water partition coefficient (Wildman–Crippen LogP) is 4.51. The summed E-state index contributed by atoms with van der Waals surface area (Å²) in [5.74, 6) is 0.430. The molecule has 0 aliphatic carbocycles. The first kappa shape index (κ1) is 17.4. The second kappa shape index (κ2) is 7.22. The van der Waals surface area contributed by atoms with Crippen LogP contribution in [0.4, 0.5) is 5.69 Å². The number of hydrogen-bond donors (Lipinski definition) is 0. The van der Waals surface area contributed by atoms with Crippen LogP contribution in [0.5, 0.6) is 0 Å². The second-order valence-electron chi connectivity index (χ2n) is 7.35. The lowest BCUT2D eigenvalue weighted by Gasteiger charge is -2.42. The van der Waals surface area contributed by atoms with E-state index in [1.165, 1.54) is 5.56 Å².